The smallest absolute Gasteiger partial charge is 0.133 e. The highest BCUT2D eigenvalue weighted by Crippen LogP contribution is 2.27. The minimum atomic E-state index is 0.655. The second-order valence-electron chi connectivity index (χ2n) is 3.89. The van der Waals surface area contributed by atoms with E-state index in [0.29, 0.717) is 5.92 Å². The van der Waals surface area contributed by atoms with Gasteiger partial charge in [-0.25, -0.2) is 0 Å². The molecule has 0 saturated heterocycles. The molecule has 0 saturated carbocycles. The Hall–Kier alpha value is -0.0200. The van der Waals surface area contributed by atoms with Gasteiger partial charge in [0.15, 0.2) is 0 Å². The summed E-state index contributed by atoms with van der Waals surface area (Å²) in [5.41, 5.74) is 1.25. The third kappa shape index (κ3) is 4.10. The van der Waals surface area contributed by atoms with Gasteiger partial charge in [-0.3, -0.25) is 0 Å². The largest absolute Gasteiger partial charge is 0.492 e. The van der Waals surface area contributed by atoms with Crippen LogP contribution in [0.1, 0.15) is 32.3 Å². The molecule has 0 fully saturated rings. The van der Waals surface area contributed by atoms with Crippen LogP contribution in [0.2, 0.25) is 0 Å². The van der Waals surface area contributed by atoms with Crippen LogP contribution in [0.25, 0.3) is 0 Å². The minimum Gasteiger partial charge on any atom is -0.492 e. The van der Waals surface area contributed by atoms with E-state index in [1.807, 2.05) is 6.07 Å². The minimum absolute atomic E-state index is 0.655. The second kappa shape index (κ2) is 7.33. The molecule has 1 nitrogen and oxygen atoms in total. The van der Waals surface area contributed by atoms with Crippen LogP contribution in [0.5, 0.6) is 5.75 Å². The van der Waals surface area contributed by atoms with Crippen LogP contribution in [0, 0.1) is 5.92 Å². The van der Waals surface area contributed by atoms with Gasteiger partial charge in [0.2, 0.25) is 0 Å². The van der Waals surface area contributed by atoms with Crippen molar-refractivity contribution < 1.29 is 4.74 Å². The summed E-state index contributed by atoms with van der Waals surface area (Å²) in [7, 11) is 0. The van der Waals surface area contributed by atoms with Crippen molar-refractivity contribution in [3.8, 4) is 5.75 Å². The van der Waals surface area contributed by atoms with E-state index in [2.05, 4.69) is 57.8 Å². The third-order valence-electron chi connectivity index (χ3n) is 2.78. The zero-order valence-electron chi connectivity index (χ0n) is 9.80. The maximum absolute atomic E-state index is 5.82. The summed E-state index contributed by atoms with van der Waals surface area (Å²) in [5, 5.41) is 0.873. The standard InChI is InChI=1S/C13H18Br2O/c1-3-10(4-2)9-16-13-6-5-11(8-14)7-12(13)15/h5-7,10H,3-4,8-9H2,1-2H3. The zero-order chi connectivity index (χ0) is 12.0. The monoisotopic (exact) mass is 348 g/mol. The maximum atomic E-state index is 5.82. The highest BCUT2D eigenvalue weighted by Gasteiger charge is 2.07. The molecule has 90 valence electrons. The lowest BCUT2D eigenvalue weighted by Crippen LogP contribution is -2.10. The van der Waals surface area contributed by atoms with E-state index in [4.69, 9.17) is 4.74 Å². The molecule has 0 amide bonds. The molecule has 1 aromatic carbocycles. The lowest BCUT2D eigenvalue weighted by atomic mass is 10.1. The number of rotatable bonds is 6. The van der Waals surface area contributed by atoms with E-state index in [9.17, 15) is 0 Å². The van der Waals surface area contributed by atoms with Crippen molar-refractivity contribution in [1.29, 1.82) is 0 Å². The summed E-state index contributed by atoms with van der Waals surface area (Å²) in [5.74, 6) is 1.60. The third-order valence-corrected chi connectivity index (χ3v) is 4.05. The SMILES string of the molecule is CCC(CC)COc1ccc(CBr)cc1Br. The van der Waals surface area contributed by atoms with Crippen molar-refractivity contribution >= 4 is 31.9 Å². The van der Waals surface area contributed by atoms with Gasteiger partial charge in [-0.15, -0.1) is 0 Å². The van der Waals surface area contributed by atoms with Crippen molar-refractivity contribution in [2.75, 3.05) is 6.61 Å². The van der Waals surface area contributed by atoms with Gasteiger partial charge in [-0.1, -0.05) is 48.7 Å². The molecule has 0 spiro atoms. The molecule has 3 heteroatoms. The van der Waals surface area contributed by atoms with Crippen molar-refractivity contribution in [3.05, 3.63) is 28.2 Å². The first-order valence-electron chi connectivity index (χ1n) is 5.68. The number of benzene rings is 1. The van der Waals surface area contributed by atoms with Gasteiger partial charge in [-0.2, -0.15) is 0 Å². The van der Waals surface area contributed by atoms with E-state index in [-0.39, 0.29) is 0 Å². The second-order valence-corrected chi connectivity index (χ2v) is 5.31. The molecular formula is C13H18Br2O. The normalized spacial score (nSPS) is 10.8. The predicted molar refractivity (Wildman–Crippen MR) is 76.3 cm³/mol. The topological polar surface area (TPSA) is 9.23 Å². The van der Waals surface area contributed by atoms with E-state index < -0.39 is 0 Å². The van der Waals surface area contributed by atoms with Gasteiger partial charge < -0.3 is 4.74 Å². The summed E-state index contributed by atoms with van der Waals surface area (Å²) in [6.07, 6.45) is 2.35. The molecule has 0 aromatic heterocycles. The molecule has 0 heterocycles. The Kier molecular flexibility index (Phi) is 6.44. The number of hydrogen-bond acceptors (Lipinski definition) is 1. The van der Waals surface area contributed by atoms with E-state index >= 15 is 0 Å². The summed E-state index contributed by atoms with van der Waals surface area (Å²) in [6.45, 7) is 5.22. The zero-order valence-corrected chi connectivity index (χ0v) is 13.0. The Balaban J connectivity index is 2.60. The average molecular weight is 350 g/mol. The van der Waals surface area contributed by atoms with Gasteiger partial charge in [0.1, 0.15) is 5.75 Å². The quantitative estimate of drug-likeness (QED) is 0.644. The molecule has 1 rings (SSSR count). The van der Waals surface area contributed by atoms with E-state index in [0.717, 1.165) is 22.2 Å². The first kappa shape index (κ1) is 14.0. The van der Waals surface area contributed by atoms with Crippen LogP contribution in [-0.4, -0.2) is 6.61 Å². The van der Waals surface area contributed by atoms with Crippen molar-refractivity contribution in [3.63, 3.8) is 0 Å². The van der Waals surface area contributed by atoms with Gasteiger partial charge >= 0.3 is 0 Å². The van der Waals surface area contributed by atoms with Crippen molar-refractivity contribution in [2.24, 2.45) is 5.92 Å². The van der Waals surface area contributed by atoms with Gasteiger partial charge in [0.25, 0.3) is 0 Å². The van der Waals surface area contributed by atoms with Crippen molar-refractivity contribution in [2.45, 2.75) is 32.0 Å². The molecule has 0 aliphatic heterocycles. The molecule has 0 unspecified atom stereocenters. The van der Waals surface area contributed by atoms with Crippen LogP contribution in [-0.2, 0) is 5.33 Å². The highest BCUT2D eigenvalue weighted by molar-refractivity contribution is 9.10. The molecule has 0 bridgehead atoms. The molecule has 0 atom stereocenters. The highest BCUT2D eigenvalue weighted by atomic mass is 79.9. The fraction of sp³-hybridized carbons (Fsp3) is 0.538. The lowest BCUT2D eigenvalue weighted by Gasteiger charge is -2.15. The van der Waals surface area contributed by atoms with Gasteiger partial charge in [0.05, 0.1) is 11.1 Å². The molecule has 0 radical (unpaired) electrons. The fourth-order valence-electron chi connectivity index (χ4n) is 1.48. The Morgan fingerprint density at radius 3 is 2.44 bits per heavy atom. The maximum Gasteiger partial charge on any atom is 0.133 e. The lowest BCUT2D eigenvalue weighted by molar-refractivity contribution is 0.239. The van der Waals surface area contributed by atoms with Gasteiger partial charge in [-0.05, 0) is 39.5 Å². The molecular weight excluding hydrogens is 332 g/mol. The fourth-order valence-corrected chi connectivity index (χ4v) is 2.37. The number of halogens is 2. The van der Waals surface area contributed by atoms with E-state index in [1.54, 1.807) is 0 Å². The average Bonchev–Trinajstić information content (AvgIpc) is 2.32. The summed E-state index contributed by atoms with van der Waals surface area (Å²) >= 11 is 6.98. The molecule has 0 aliphatic carbocycles. The Morgan fingerprint density at radius 1 is 1.25 bits per heavy atom. The summed E-state index contributed by atoms with van der Waals surface area (Å²) < 4.78 is 6.86. The van der Waals surface area contributed by atoms with E-state index in [1.165, 1.54) is 18.4 Å². The Labute approximate surface area is 115 Å². The van der Waals surface area contributed by atoms with Gasteiger partial charge in [0, 0.05) is 5.33 Å². The number of alkyl halides is 1. The van der Waals surface area contributed by atoms with Crippen LogP contribution >= 0.6 is 31.9 Å². The Bertz CT molecular complexity index is 322. The van der Waals surface area contributed by atoms with Crippen LogP contribution in [0.3, 0.4) is 0 Å². The van der Waals surface area contributed by atoms with Crippen LogP contribution in [0.4, 0.5) is 0 Å². The number of ether oxygens (including phenoxy) is 1. The molecule has 16 heavy (non-hydrogen) atoms. The molecule has 0 N–H and O–H groups in total. The first-order chi connectivity index (χ1) is 7.71. The predicted octanol–water partition coefficient (Wildman–Crippen LogP) is 5.16. The number of hydrogen-bond donors (Lipinski definition) is 0. The summed E-state index contributed by atoms with van der Waals surface area (Å²) in [4.78, 5) is 0. The summed E-state index contributed by atoms with van der Waals surface area (Å²) in [6, 6.07) is 6.21. The van der Waals surface area contributed by atoms with Crippen LogP contribution < -0.4 is 4.74 Å². The Morgan fingerprint density at radius 2 is 1.94 bits per heavy atom. The van der Waals surface area contributed by atoms with Crippen molar-refractivity contribution in [1.82, 2.24) is 0 Å². The molecule has 1 aromatic rings. The molecule has 0 aliphatic rings. The first-order valence-corrected chi connectivity index (χ1v) is 7.59. The van der Waals surface area contributed by atoms with Crippen LogP contribution in [0.15, 0.2) is 22.7 Å².